The van der Waals surface area contributed by atoms with Crippen molar-refractivity contribution in [3.05, 3.63) is 64.4 Å². The summed E-state index contributed by atoms with van der Waals surface area (Å²) in [4.78, 5) is 0. The van der Waals surface area contributed by atoms with Crippen molar-refractivity contribution in [2.75, 3.05) is 6.61 Å². The zero-order chi connectivity index (χ0) is 14.8. The van der Waals surface area contributed by atoms with Gasteiger partial charge < -0.3 is 9.84 Å². The van der Waals surface area contributed by atoms with Gasteiger partial charge in [0.15, 0.2) is 0 Å². The lowest BCUT2D eigenvalue weighted by atomic mass is 9.89. The number of halogens is 2. The Morgan fingerprint density at radius 3 is 2.90 bits per heavy atom. The molecule has 0 bridgehead atoms. The quantitative estimate of drug-likeness (QED) is 0.938. The van der Waals surface area contributed by atoms with Crippen LogP contribution in [0.5, 0.6) is 5.75 Å². The monoisotopic (exact) mass is 306 g/mol. The Labute approximate surface area is 128 Å². The fourth-order valence-electron chi connectivity index (χ4n) is 2.70. The summed E-state index contributed by atoms with van der Waals surface area (Å²) in [5.74, 6) is 0.413. The Morgan fingerprint density at radius 1 is 1.24 bits per heavy atom. The molecule has 1 aliphatic rings. The van der Waals surface area contributed by atoms with Gasteiger partial charge in [0.2, 0.25) is 0 Å². The van der Waals surface area contributed by atoms with Gasteiger partial charge in [-0.15, -0.1) is 0 Å². The predicted molar refractivity (Wildman–Crippen MR) is 80.3 cm³/mol. The summed E-state index contributed by atoms with van der Waals surface area (Å²) < 4.78 is 19.1. The summed E-state index contributed by atoms with van der Waals surface area (Å²) >= 11 is 5.94. The van der Waals surface area contributed by atoms with Crippen LogP contribution in [-0.4, -0.2) is 17.8 Å². The molecule has 2 unspecified atom stereocenters. The number of hydrogen-bond donors (Lipinski definition) is 1. The number of hydrogen-bond acceptors (Lipinski definition) is 2. The van der Waals surface area contributed by atoms with E-state index in [0.717, 1.165) is 17.7 Å². The van der Waals surface area contributed by atoms with E-state index >= 15 is 0 Å². The molecule has 0 saturated heterocycles. The lowest BCUT2D eigenvalue weighted by Gasteiger charge is -2.29. The maximum atomic E-state index is 13.4. The van der Waals surface area contributed by atoms with Crippen LogP contribution in [0.15, 0.2) is 42.5 Å². The van der Waals surface area contributed by atoms with Crippen molar-refractivity contribution in [3.8, 4) is 5.75 Å². The van der Waals surface area contributed by atoms with Crippen molar-refractivity contribution in [2.24, 2.45) is 5.92 Å². The third-order valence-electron chi connectivity index (χ3n) is 3.91. The zero-order valence-electron chi connectivity index (χ0n) is 11.4. The normalized spacial score (nSPS) is 18.7. The first-order chi connectivity index (χ1) is 10.1. The Morgan fingerprint density at radius 2 is 2.05 bits per heavy atom. The summed E-state index contributed by atoms with van der Waals surface area (Å²) in [7, 11) is 0. The number of ether oxygens (including phenoxy) is 1. The van der Waals surface area contributed by atoms with Gasteiger partial charge in [0.25, 0.3) is 0 Å². The first-order valence-electron chi connectivity index (χ1n) is 6.97. The standard InChI is InChI=1S/C17H16ClFO2/c18-17-12(5-3-6-14(17)19)9-15(20)13-8-11-4-1-2-7-16(11)21-10-13/h1-7,13,15,20H,8-10H2. The van der Waals surface area contributed by atoms with Crippen LogP contribution < -0.4 is 4.74 Å². The molecule has 0 spiro atoms. The Hall–Kier alpha value is -1.58. The molecule has 2 atom stereocenters. The number of aliphatic hydroxyl groups excluding tert-OH is 1. The van der Waals surface area contributed by atoms with E-state index in [2.05, 4.69) is 0 Å². The van der Waals surface area contributed by atoms with Crippen molar-refractivity contribution >= 4 is 11.6 Å². The molecule has 21 heavy (non-hydrogen) atoms. The van der Waals surface area contributed by atoms with Crippen molar-refractivity contribution in [1.29, 1.82) is 0 Å². The minimum absolute atomic E-state index is 0.0146. The molecule has 0 amide bonds. The highest BCUT2D eigenvalue weighted by Gasteiger charge is 2.26. The van der Waals surface area contributed by atoms with Crippen LogP contribution in [0.4, 0.5) is 4.39 Å². The van der Waals surface area contributed by atoms with Gasteiger partial charge in [-0.2, -0.15) is 0 Å². The first kappa shape index (κ1) is 14.4. The van der Waals surface area contributed by atoms with Gasteiger partial charge in [-0.1, -0.05) is 41.9 Å². The average molecular weight is 307 g/mol. The molecular formula is C17H16ClFO2. The van der Waals surface area contributed by atoms with E-state index in [1.807, 2.05) is 24.3 Å². The second kappa shape index (κ2) is 6.04. The molecule has 2 nitrogen and oxygen atoms in total. The number of aliphatic hydroxyl groups is 1. The molecule has 0 radical (unpaired) electrons. The molecule has 1 aliphatic heterocycles. The minimum Gasteiger partial charge on any atom is -0.493 e. The molecule has 4 heteroatoms. The lowest BCUT2D eigenvalue weighted by molar-refractivity contribution is 0.0652. The smallest absolute Gasteiger partial charge is 0.142 e. The Balaban J connectivity index is 1.72. The third kappa shape index (κ3) is 3.04. The molecule has 3 rings (SSSR count). The second-order valence-corrected chi connectivity index (χ2v) is 5.75. The Kier molecular flexibility index (Phi) is 4.13. The van der Waals surface area contributed by atoms with E-state index in [9.17, 15) is 9.50 Å². The van der Waals surface area contributed by atoms with Gasteiger partial charge in [0.1, 0.15) is 11.6 Å². The molecule has 110 valence electrons. The van der Waals surface area contributed by atoms with E-state index < -0.39 is 11.9 Å². The maximum Gasteiger partial charge on any atom is 0.142 e. The maximum absolute atomic E-state index is 13.4. The third-order valence-corrected chi connectivity index (χ3v) is 4.34. The average Bonchev–Trinajstić information content (AvgIpc) is 2.51. The van der Waals surface area contributed by atoms with Crippen molar-refractivity contribution < 1.29 is 14.2 Å². The minimum atomic E-state index is -0.613. The van der Waals surface area contributed by atoms with E-state index in [1.54, 1.807) is 12.1 Å². The topological polar surface area (TPSA) is 29.5 Å². The predicted octanol–water partition coefficient (Wildman–Crippen LogP) is 3.63. The molecule has 1 heterocycles. The highest BCUT2D eigenvalue weighted by Crippen LogP contribution is 2.30. The summed E-state index contributed by atoms with van der Waals surface area (Å²) in [5, 5.41) is 10.5. The highest BCUT2D eigenvalue weighted by atomic mass is 35.5. The van der Waals surface area contributed by atoms with Crippen molar-refractivity contribution in [2.45, 2.75) is 18.9 Å². The second-order valence-electron chi connectivity index (χ2n) is 5.37. The Bertz CT molecular complexity index is 644. The SMILES string of the molecule is OC(Cc1cccc(F)c1Cl)C1COc2ccccc2C1. The van der Waals surface area contributed by atoms with Crippen LogP contribution in [0.1, 0.15) is 11.1 Å². The van der Waals surface area contributed by atoms with Crippen LogP contribution in [0.2, 0.25) is 5.02 Å². The number of para-hydroxylation sites is 1. The highest BCUT2D eigenvalue weighted by molar-refractivity contribution is 6.31. The van der Waals surface area contributed by atoms with Gasteiger partial charge in [0.05, 0.1) is 17.7 Å². The molecule has 0 fully saturated rings. The first-order valence-corrected chi connectivity index (χ1v) is 7.34. The summed E-state index contributed by atoms with van der Waals surface area (Å²) in [6.45, 7) is 0.463. The molecule has 2 aromatic rings. The van der Waals surface area contributed by atoms with E-state index in [-0.39, 0.29) is 10.9 Å². The molecule has 1 N–H and O–H groups in total. The largest absolute Gasteiger partial charge is 0.493 e. The molecular weight excluding hydrogens is 291 g/mol. The fourth-order valence-corrected chi connectivity index (χ4v) is 2.90. The summed E-state index contributed by atoms with van der Waals surface area (Å²) in [5.41, 5.74) is 1.72. The summed E-state index contributed by atoms with van der Waals surface area (Å²) in [6, 6.07) is 12.5. The van der Waals surface area contributed by atoms with Gasteiger partial charge >= 0.3 is 0 Å². The molecule has 0 aromatic heterocycles. The molecule has 2 aromatic carbocycles. The van der Waals surface area contributed by atoms with Gasteiger partial charge in [0, 0.05) is 12.3 Å². The van der Waals surface area contributed by atoms with Crippen LogP contribution in [0.25, 0.3) is 0 Å². The lowest BCUT2D eigenvalue weighted by Crippen LogP contribution is -2.33. The van der Waals surface area contributed by atoms with Gasteiger partial charge in [-0.25, -0.2) is 4.39 Å². The van der Waals surface area contributed by atoms with E-state index in [1.165, 1.54) is 6.07 Å². The molecule has 0 saturated carbocycles. The number of benzene rings is 2. The number of rotatable bonds is 3. The van der Waals surface area contributed by atoms with Crippen LogP contribution in [0.3, 0.4) is 0 Å². The number of fused-ring (bicyclic) bond motifs is 1. The molecule has 0 aliphatic carbocycles. The van der Waals surface area contributed by atoms with Gasteiger partial charge in [-0.05, 0) is 29.7 Å². The zero-order valence-corrected chi connectivity index (χ0v) is 12.2. The van der Waals surface area contributed by atoms with E-state index in [0.29, 0.717) is 18.6 Å². The van der Waals surface area contributed by atoms with Crippen LogP contribution in [0, 0.1) is 11.7 Å². The van der Waals surface area contributed by atoms with Gasteiger partial charge in [-0.3, -0.25) is 0 Å². The van der Waals surface area contributed by atoms with E-state index in [4.69, 9.17) is 16.3 Å². The summed E-state index contributed by atoms with van der Waals surface area (Å²) in [6.07, 6.45) is 0.467. The van der Waals surface area contributed by atoms with Crippen LogP contribution in [-0.2, 0) is 12.8 Å². The van der Waals surface area contributed by atoms with Crippen molar-refractivity contribution in [1.82, 2.24) is 0 Å². The van der Waals surface area contributed by atoms with Crippen molar-refractivity contribution in [3.63, 3.8) is 0 Å². The van der Waals surface area contributed by atoms with Crippen LogP contribution >= 0.6 is 11.6 Å². The fraction of sp³-hybridized carbons (Fsp3) is 0.294.